The van der Waals surface area contributed by atoms with E-state index in [0.717, 1.165) is 18.2 Å². The molecule has 144 valence electrons. The zero-order valence-corrected chi connectivity index (χ0v) is 14.5. The molecule has 28 heavy (non-hydrogen) atoms. The van der Waals surface area contributed by atoms with Crippen molar-refractivity contribution in [3.05, 3.63) is 81.1 Å². The van der Waals surface area contributed by atoms with Gasteiger partial charge >= 0.3 is 6.18 Å². The van der Waals surface area contributed by atoms with Gasteiger partial charge in [0, 0.05) is 17.7 Å². The van der Waals surface area contributed by atoms with Gasteiger partial charge in [-0.05, 0) is 42.5 Å². The fourth-order valence-electron chi connectivity index (χ4n) is 2.34. The number of nitro benzene ring substituents is 1. The average Bonchev–Trinajstić information content (AvgIpc) is 3.13. The van der Waals surface area contributed by atoms with Crippen molar-refractivity contribution in [1.29, 1.82) is 0 Å². The van der Waals surface area contributed by atoms with Crippen LogP contribution >= 0.6 is 11.6 Å². The van der Waals surface area contributed by atoms with E-state index in [-0.39, 0.29) is 27.9 Å². The van der Waals surface area contributed by atoms with Gasteiger partial charge in [0.2, 0.25) is 0 Å². The number of non-ortho nitro benzene ring substituents is 1. The van der Waals surface area contributed by atoms with Gasteiger partial charge < -0.3 is 9.73 Å². The summed E-state index contributed by atoms with van der Waals surface area (Å²) in [6, 6.07) is 10.8. The van der Waals surface area contributed by atoms with Gasteiger partial charge in [-0.1, -0.05) is 11.6 Å². The maximum absolute atomic E-state index is 12.8. The van der Waals surface area contributed by atoms with Gasteiger partial charge in [0.25, 0.3) is 11.6 Å². The molecule has 1 N–H and O–H groups in total. The molecule has 0 spiro atoms. The first-order valence-corrected chi connectivity index (χ1v) is 8.06. The molecule has 6 nitrogen and oxygen atoms in total. The third kappa shape index (κ3) is 4.15. The number of benzene rings is 2. The summed E-state index contributed by atoms with van der Waals surface area (Å²) in [5.74, 6) is -0.702. The molecule has 1 amide bonds. The third-order valence-corrected chi connectivity index (χ3v) is 4.06. The number of carbonyl (C=O) groups excluding carboxylic acids is 1. The van der Waals surface area contributed by atoms with Crippen LogP contribution in [-0.2, 0) is 6.18 Å². The molecule has 0 radical (unpaired) electrons. The highest BCUT2D eigenvalue weighted by Gasteiger charge is 2.31. The minimum Gasteiger partial charge on any atom is -0.451 e. The van der Waals surface area contributed by atoms with Crippen LogP contribution < -0.4 is 5.32 Å². The van der Waals surface area contributed by atoms with Gasteiger partial charge in [-0.3, -0.25) is 14.9 Å². The van der Waals surface area contributed by atoms with Crippen molar-refractivity contribution in [2.45, 2.75) is 6.18 Å². The minimum atomic E-state index is -4.59. The number of nitrogens with one attached hydrogen (secondary N) is 1. The molecule has 2 aromatic carbocycles. The van der Waals surface area contributed by atoms with Crippen LogP contribution in [0.2, 0.25) is 5.02 Å². The van der Waals surface area contributed by atoms with Gasteiger partial charge in [-0.15, -0.1) is 0 Å². The molecule has 0 atom stereocenters. The van der Waals surface area contributed by atoms with Crippen molar-refractivity contribution in [3.8, 4) is 11.3 Å². The Morgan fingerprint density at radius 1 is 1.07 bits per heavy atom. The van der Waals surface area contributed by atoms with E-state index in [1.807, 2.05) is 0 Å². The summed E-state index contributed by atoms with van der Waals surface area (Å²) in [5, 5.41) is 12.9. The Kier molecular flexibility index (Phi) is 5.10. The Morgan fingerprint density at radius 3 is 2.36 bits per heavy atom. The van der Waals surface area contributed by atoms with Crippen molar-refractivity contribution in [1.82, 2.24) is 0 Å². The number of anilines is 1. The van der Waals surface area contributed by atoms with Gasteiger partial charge in [-0.2, -0.15) is 13.2 Å². The summed E-state index contributed by atoms with van der Waals surface area (Å²) in [7, 11) is 0. The van der Waals surface area contributed by atoms with Gasteiger partial charge in [0.1, 0.15) is 5.76 Å². The summed E-state index contributed by atoms with van der Waals surface area (Å²) >= 11 is 5.85. The van der Waals surface area contributed by atoms with E-state index >= 15 is 0 Å². The van der Waals surface area contributed by atoms with Crippen molar-refractivity contribution >= 4 is 28.9 Å². The topological polar surface area (TPSA) is 85.4 Å². The van der Waals surface area contributed by atoms with Crippen molar-refractivity contribution < 1.29 is 27.3 Å². The molecule has 0 saturated heterocycles. The van der Waals surface area contributed by atoms with E-state index < -0.39 is 22.6 Å². The van der Waals surface area contributed by atoms with Crippen LogP contribution in [0.5, 0.6) is 0 Å². The lowest BCUT2D eigenvalue weighted by atomic mass is 10.1. The van der Waals surface area contributed by atoms with Crippen molar-refractivity contribution in [3.63, 3.8) is 0 Å². The second kappa shape index (κ2) is 7.35. The Labute approximate surface area is 160 Å². The molecule has 1 aromatic heterocycles. The van der Waals surface area contributed by atoms with E-state index in [1.54, 1.807) is 0 Å². The zero-order valence-electron chi connectivity index (χ0n) is 13.8. The number of furan rings is 1. The lowest BCUT2D eigenvalue weighted by Crippen LogP contribution is -2.13. The van der Waals surface area contributed by atoms with Crippen LogP contribution in [0, 0.1) is 10.1 Å². The number of hydrogen-bond acceptors (Lipinski definition) is 4. The lowest BCUT2D eigenvalue weighted by Gasteiger charge is -2.11. The summed E-state index contributed by atoms with van der Waals surface area (Å²) in [4.78, 5) is 22.4. The van der Waals surface area contributed by atoms with Crippen LogP contribution in [0.15, 0.2) is 59.0 Å². The summed E-state index contributed by atoms with van der Waals surface area (Å²) in [5.41, 5.74) is -0.790. The van der Waals surface area contributed by atoms with Crippen molar-refractivity contribution in [2.24, 2.45) is 0 Å². The lowest BCUT2D eigenvalue weighted by molar-refractivity contribution is -0.384. The predicted octanol–water partition coefficient (Wildman–Crippen LogP) is 5.78. The number of nitro groups is 1. The molecule has 3 aromatic rings. The first kappa shape index (κ1) is 19.4. The smallest absolute Gasteiger partial charge is 0.416 e. The maximum Gasteiger partial charge on any atom is 0.416 e. The highest BCUT2D eigenvalue weighted by Crippen LogP contribution is 2.34. The largest absolute Gasteiger partial charge is 0.451 e. The van der Waals surface area contributed by atoms with Crippen LogP contribution in [0.3, 0.4) is 0 Å². The number of amides is 1. The molecule has 10 heteroatoms. The predicted molar refractivity (Wildman–Crippen MR) is 95.2 cm³/mol. The number of halogens is 4. The molecule has 0 aliphatic carbocycles. The molecule has 0 saturated carbocycles. The van der Waals surface area contributed by atoms with Gasteiger partial charge in [-0.25, -0.2) is 0 Å². The second-order valence-electron chi connectivity index (χ2n) is 5.61. The number of rotatable bonds is 4. The summed E-state index contributed by atoms with van der Waals surface area (Å²) < 4.78 is 43.8. The van der Waals surface area contributed by atoms with Crippen LogP contribution in [-0.4, -0.2) is 10.8 Å². The summed E-state index contributed by atoms with van der Waals surface area (Å²) in [6.45, 7) is 0. The first-order valence-electron chi connectivity index (χ1n) is 7.68. The monoisotopic (exact) mass is 410 g/mol. The molecular weight excluding hydrogens is 401 g/mol. The Morgan fingerprint density at radius 2 is 1.75 bits per heavy atom. The Balaban J connectivity index is 1.80. The SMILES string of the molecule is O=C(Nc1cc(C(F)(F)F)ccc1Cl)c1ccc(-c2ccc([N+](=O)[O-])cc2)o1. The first-order chi connectivity index (χ1) is 13.1. The highest BCUT2D eigenvalue weighted by molar-refractivity contribution is 6.33. The number of alkyl halides is 3. The highest BCUT2D eigenvalue weighted by atomic mass is 35.5. The van der Waals surface area contributed by atoms with E-state index in [4.69, 9.17) is 16.0 Å². The van der Waals surface area contributed by atoms with Crippen LogP contribution in [0.4, 0.5) is 24.5 Å². The van der Waals surface area contributed by atoms with E-state index in [2.05, 4.69) is 5.32 Å². The fourth-order valence-corrected chi connectivity index (χ4v) is 2.51. The quantitative estimate of drug-likeness (QED) is 0.436. The third-order valence-electron chi connectivity index (χ3n) is 3.73. The standard InChI is InChI=1S/C18H10ClF3N2O4/c19-13-6-3-11(18(20,21)22)9-14(13)23-17(25)16-8-7-15(28-16)10-1-4-12(5-2-10)24(26)27/h1-9H,(H,23,25). The maximum atomic E-state index is 12.8. The summed E-state index contributed by atoms with van der Waals surface area (Å²) in [6.07, 6.45) is -4.59. The molecule has 1 heterocycles. The fraction of sp³-hybridized carbons (Fsp3) is 0.0556. The minimum absolute atomic E-state index is 0.0662. The molecule has 0 bridgehead atoms. The van der Waals surface area contributed by atoms with Gasteiger partial charge in [0.05, 0.1) is 21.2 Å². The van der Waals surface area contributed by atoms with E-state index in [0.29, 0.717) is 5.56 Å². The second-order valence-corrected chi connectivity index (χ2v) is 6.02. The normalized spacial score (nSPS) is 11.3. The number of nitrogens with zero attached hydrogens (tertiary/aromatic N) is 1. The Bertz CT molecular complexity index is 1050. The number of hydrogen-bond donors (Lipinski definition) is 1. The zero-order chi connectivity index (χ0) is 20.5. The van der Waals surface area contributed by atoms with Crippen LogP contribution in [0.1, 0.15) is 16.1 Å². The molecular formula is C18H10ClF3N2O4. The van der Waals surface area contributed by atoms with E-state index in [1.165, 1.54) is 36.4 Å². The van der Waals surface area contributed by atoms with E-state index in [9.17, 15) is 28.1 Å². The Hall–Kier alpha value is -3.33. The molecule has 0 fully saturated rings. The average molecular weight is 411 g/mol. The molecule has 3 rings (SSSR count). The van der Waals surface area contributed by atoms with Gasteiger partial charge in [0.15, 0.2) is 5.76 Å². The molecule has 0 aliphatic heterocycles. The van der Waals surface area contributed by atoms with Crippen molar-refractivity contribution in [2.75, 3.05) is 5.32 Å². The molecule has 0 aliphatic rings. The number of carbonyl (C=O) groups is 1. The van der Waals surface area contributed by atoms with Crippen LogP contribution in [0.25, 0.3) is 11.3 Å². The molecule has 0 unspecified atom stereocenters.